The lowest BCUT2D eigenvalue weighted by molar-refractivity contribution is -0.119. The van der Waals surface area contributed by atoms with E-state index in [0.29, 0.717) is 34.0 Å². The highest BCUT2D eigenvalue weighted by molar-refractivity contribution is 7.15. The molecule has 3 rings (SSSR count). The Labute approximate surface area is 190 Å². The van der Waals surface area contributed by atoms with Crippen LogP contribution in [0.4, 0.5) is 5.00 Å². The number of benzene rings is 2. The molecule has 8 heteroatoms. The first-order valence-corrected chi connectivity index (χ1v) is 10.9. The van der Waals surface area contributed by atoms with Crippen LogP contribution in [0.3, 0.4) is 0 Å². The topological polar surface area (TPSA) is 93.7 Å². The summed E-state index contributed by atoms with van der Waals surface area (Å²) in [7, 11) is 1.59. The van der Waals surface area contributed by atoms with Crippen LogP contribution in [0.5, 0.6) is 5.75 Å². The molecule has 166 valence electrons. The van der Waals surface area contributed by atoms with Gasteiger partial charge in [-0.05, 0) is 42.3 Å². The fraction of sp³-hybridized carbons (Fsp3) is 0.208. The van der Waals surface area contributed by atoms with Crippen LogP contribution in [-0.4, -0.2) is 31.5 Å². The fourth-order valence-corrected chi connectivity index (χ4v) is 3.97. The first-order chi connectivity index (χ1) is 15.4. The van der Waals surface area contributed by atoms with Crippen molar-refractivity contribution in [2.45, 2.75) is 20.4 Å². The lowest BCUT2D eigenvalue weighted by Crippen LogP contribution is -2.19. The number of carbonyl (C=O) groups excluding carboxylic acids is 3. The molecular weight excluding hydrogens is 428 g/mol. The van der Waals surface area contributed by atoms with Gasteiger partial charge in [0.2, 0.25) is 5.91 Å². The highest BCUT2D eigenvalue weighted by atomic mass is 32.1. The summed E-state index contributed by atoms with van der Waals surface area (Å²) in [5.41, 5.74) is 3.12. The van der Waals surface area contributed by atoms with Gasteiger partial charge in [-0.15, -0.1) is 11.3 Å². The van der Waals surface area contributed by atoms with E-state index in [9.17, 15) is 14.4 Å². The summed E-state index contributed by atoms with van der Waals surface area (Å²) in [5, 5.41) is 7.78. The summed E-state index contributed by atoms with van der Waals surface area (Å²) < 4.78 is 10.4. The lowest BCUT2D eigenvalue weighted by Gasteiger charge is -2.10. The smallest absolute Gasteiger partial charge is 0.341 e. The maximum atomic E-state index is 12.8. The number of hydrogen-bond acceptors (Lipinski definition) is 6. The van der Waals surface area contributed by atoms with Crippen molar-refractivity contribution in [3.8, 4) is 16.9 Å². The molecule has 0 aliphatic heterocycles. The molecule has 7 nitrogen and oxygen atoms in total. The van der Waals surface area contributed by atoms with Crippen LogP contribution in [0, 0.1) is 0 Å². The van der Waals surface area contributed by atoms with Crippen molar-refractivity contribution in [2.24, 2.45) is 0 Å². The number of anilines is 1. The molecule has 0 saturated carbocycles. The van der Waals surface area contributed by atoms with Gasteiger partial charge in [0.25, 0.3) is 5.91 Å². The number of thiophene rings is 1. The molecule has 1 heterocycles. The van der Waals surface area contributed by atoms with Gasteiger partial charge in [-0.1, -0.05) is 24.3 Å². The van der Waals surface area contributed by atoms with Gasteiger partial charge in [-0.25, -0.2) is 4.79 Å². The predicted molar refractivity (Wildman–Crippen MR) is 124 cm³/mol. The van der Waals surface area contributed by atoms with Gasteiger partial charge >= 0.3 is 5.97 Å². The minimum Gasteiger partial charge on any atom is -0.497 e. The van der Waals surface area contributed by atoms with Crippen LogP contribution < -0.4 is 15.4 Å². The van der Waals surface area contributed by atoms with Crippen molar-refractivity contribution >= 4 is 34.1 Å². The zero-order valence-corrected chi connectivity index (χ0v) is 18.9. The molecule has 2 amide bonds. The molecule has 3 aromatic rings. The zero-order chi connectivity index (χ0) is 23.1. The monoisotopic (exact) mass is 452 g/mol. The zero-order valence-electron chi connectivity index (χ0n) is 18.1. The van der Waals surface area contributed by atoms with Crippen LogP contribution in [-0.2, 0) is 16.1 Å². The van der Waals surface area contributed by atoms with Gasteiger partial charge in [0.15, 0.2) is 0 Å². The predicted octanol–water partition coefficient (Wildman–Crippen LogP) is 4.49. The Balaban J connectivity index is 1.85. The number of rotatable bonds is 8. The van der Waals surface area contributed by atoms with Crippen LogP contribution in [0.15, 0.2) is 53.9 Å². The molecule has 0 aliphatic carbocycles. The molecule has 2 aromatic carbocycles. The summed E-state index contributed by atoms with van der Waals surface area (Å²) in [5.74, 6) is -0.258. The minimum atomic E-state index is -0.500. The third kappa shape index (κ3) is 5.53. The number of nitrogens with one attached hydrogen (secondary N) is 2. The fourth-order valence-electron chi connectivity index (χ4n) is 3.01. The molecule has 2 N–H and O–H groups in total. The van der Waals surface area contributed by atoms with Crippen LogP contribution in [0.2, 0.25) is 0 Å². The Morgan fingerprint density at radius 1 is 1.00 bits per heavy atom. The van der Waals surface area contributed by atoms with Gasteiger partial charge in [0, 0.05) is 30.0 Å². The summed E-state index contributed by atoms with van der Waals surface area (Å²) in [6.45, 7) is 3.79. The number of ether oxygens (including phenoxy) is 2. The minimum absolute atomic E-state index is 0.122. The summed E-state index contributed by atoms with van der Waals surface area (Å²) >= 11 is 1.26. The largest absolute Gasteiger partial charge is 0.497 e. The van der Waals surface area contributed by atoms with E-state index in [2.05, 4.69) is 10.6 Å². The van der Waals surface area contributed by atoms with E-state index in [1.54, 1.807) is 38.3 Å². The van der Waals surface area contributed by atoms with Crippen LogP contribution in [0.1, 0.15) is 40.1 Å². The molecule has 0 saturated heterocycles. The summed E-state index contributed by atoms with van der Waals surface area (Å²) in [6, 6.07) is 14.2. The first kappa shape index (κ1) is 23.0. The van der Waals surface area contributed by atoms with Gasteiger partial charge in [0.05, 0.1) is 13.7 Å². The van der Waals surface area contributed by atoms with E-state index in [-0.39, 0.29) is 18.4 Å². The van der Waals surface area contributed by atoms with Crippen molar-refractivity contribution in [2.75, 3.05) is 19.0 Å². The Morgan fingerprint density at radius 3 is 2.28 bits per heavy atom. The number of carbonyl (C=O) groups is 3. The molecule has 0 spiro atoms. The van der Waals surface area contributed by atoms with Crippen molar-refractivity contribution in [1.82, 2.24) is 5.32 Å². The van der Waals surface area contributed by atoms with Crippen LogP contribution >= 0.6 is 11.3 Å². The number of amides is 2. The molecule has 0 atom stereocenters. The number of esters is 1. The lowest BCUT2D eigenvalue weighted by atomic mass is 10.0. The van der Waals surface area contributed by atoms with E-state index in [0.717, 1.165) is 11.1 Å². The first-order valence-electron chi connectivity index (χ1n) is 10.0. The molecule has 0 unspecified atom stereocenters. The Bertz CT molecular complexity index is 1100. The second kappa shape index (κ2) is 10.6. The van der Waals surface area contributed by atoms with E-state index in [4.69, 9.17) is 9.47 Å². The Hall–Kier alpha value is -3.65. The van der Waals surface area contributed by atoms with Gasteiger partial charge in [0.1, 0.15) is 16.3 Å². The Kier molecular flexibility index (Phi) is 7.62. The van der Waals surface area contributed by atoms with E-state index in [1.165, 1.54) is 18.3 Å². The van der Waals surface area contributed by atoms with Gasteiger partial charge in [-0.2, -0.15) is 0 Å². The average Bonchev–Trinajstić information content (AvgIpc) is 3.21. The molecule has 0 radical (unpaired) electrons. The van der Waals surface area contributed by atoms with Crippen LogP contribution in [0.25, 0.3) is 11.1 Å². The molecule has 0 aliphatic rings. The molecule has 0 bridgehead atoms. The van der Waals surface area contributed by atoms with Crippen molar-refractivity contribution in [1.29, 1.82) is 0 Å². The quantitative estimate of drug-likeness (QED) is 0.491. The standard InChI is InChI=1S/C24H24N2O5S/c1-4-31-24(29)21-20(17-9-11-19(30-3)12-10-17)14-32-23(21)26-22(28)18-7-5-16(6-8-18)13-25-15(2)27/h5-12,14H,4,13H2,1-3H3,(H,25,27)(H,26,28). The summed E-state index contributed by atoms with van der Waals surface area (Å²) in [4.78, 5) is 36.6. The van der Waals surface area contributed by atoms with E-state index in [1.807, 2.05) is 29.6 Å². The second-order valence-corrected chi connectivity index (χ2v) is 7.74. The molecular formula is C24H24N2O5S. The van der Waals surface area contributed by atoms with E-state index < -0.39 is 5.97 Å². The second-order valence-electron chi connectivity index (χ2n) is 6.86. The Morgan fingerprint density at radius 2 is 1.69 bits per heavy atom. The molecule has 32 heavy (non-hydrogen) atoms. The van der Waals surface area contributed by atoms with Gasteiger partial charge < -0.3 is 20.1 Å². The number of methoxy groups -OCH3 is 1. The maximum Gasteiger partial charge on any atom is 0.341 e. The van der Waals surface area contributed by atoms with Crippen molar-refractivity contribution in [3.63, 3.8) is 0 Å². The molecule has 1 aromatic heterocycles. The highest BCUT2D eigenvalue weighted by Gasteiger charge is 2.23. The third-order valence-corrected chi connectivity index (χ3v) is 5.55. The van der Waals surface area contributed by atoms with E-state index >= 15 is 0 Å². The van der Waals surface area contributed by atoms with Crippen molar-refractivity contribution in [3.05, 3.63) is 70.6 Å². The molecule has 0 fully saturated rings. The van der Waals surface area contributed by atoms with Gasteiger partial charge in [-0.3, -0.25) is 9.59 Å². The maximum absolute atomic E-state index is 12.8. The van der Waals surface area contributed by atoms with Crippen molar-refractivity contribution < 1.29 is 23.9 Å². The summed E-state index contributed by atoms with van der Waals surface area (Å²) in [6.07, 6.45) is 0. The number of hydrogen-bond donors (Lipinski definition) is 2. The average molecular weight is 453 g/mol. The normalized spacial score (nSPS) is 10.3. The third-order valence-electron chi connectivity index (χ3n) is 4.66. The highest BCUT2D eigenvalue weighted by Crippen LogP contribution is 2.37. The SMILES string of the molecule is CCOC(=O)c1c(-c2ccc(OC)cc2)csc1NC(=O)c1ccc(CNC(C)=O)cc1.